The van der Waals surface area contributed by atoms with E-state index in [9.17, 15) is 5.11 Å². The highest BCUT2D eigenvalue weighted by Gasteiger charge is 2.63. The topological polar surface area (TPSA) is 19.9 Å². The molecule has 0 spiro atoms. The molecular weight excluding hydrogens is 693 g/mol. The fourth-order valence-electron chi connectivity index (χ4n) is 2.23. The molecule has 173 valence electrons. The Hall–Kier alpha value is 3.24. The summed E-state index contributed by atoms with van der Waals surface area (Å²) in [5.41, 5.74) is -2.04. The predicted molar refractivity (Wildman–Crippen MR) is 136 cm³/mol. The van der Waals surface area contributed by atoms with Crippen LogP contribution in [0.1, 0.15) is 30.5 Å². The molecule has 0 aliphatic carbocycles. The van der Waals surface area contributed by atoms with E-state index in [1.54, 1.807) is 0 Å². The third-order valence-electron chi connectivity index (χ3n) is 3.87. The highest BCUT2D eigenvalue weighted by Crippen LogP contribution is 2.64. The van der Waals surface area contributed by atoms with Crippen LogP contribution in [0.15, 0.2) is 18.2 Å². The van der Waals surface area contributed by atoms with E-state index in [4.69, 9.17) is 162 Å². The van der Waals surface area contributed by atoms with Crippen LogP contribution in [0, 0.1) is 0 Å². The second kappa shape index (κ2) is 9.60. The first-order valence-corrected chi connectivity index (χ1v) is 12.6. The van der Waals surface area contributed by atoms with Crippen LogP contribution in [0.4, 0.5) is 0 Å². The van der Waals surface area contributed by atoms with E-state index in [-0.39, 0.29) is 16.7 Å². The van der Waals surface area contributed by atoms with Crippen LogP contribution >= 0.6 is 162 Å². The molecule has 15 heteroatoms. The predicted octanol–water partition coefficient (Wildman–Crippen LogP) is 10.7. The van der Waals surface area contributed by atoms with Gasteiger partial charge in [-0.15, -0.1) is 0 Å². The minimum Gasteiger partial charge on any atom is -0.225 e. The largest absolute Gasteiger partial charge is 0.226 e. The summed E-state index contributed by atoms with van der Waals surface area (Å²) in [6.45, 7) is 2.64. The van der Waals surface area contributed by atoms with Gasteiger partial charge in [-0.2, -0.15) is 0 Å². The Bertz CT molecular complexity index is 782. The second-order valence-corrected chi connectivity index (χ2v) is 16.4. The zero-order chi connectivity index (χ0) is 24.4. The Balaban J connectivity index is 3.93. The summed E-state index contributed by atoms with van der Waals surface area (Å²) in [6.07, 6.45) is 0. The lowest BCUT2D eigenvalue weighted by Crippen LogP contribution is -2.47. The van der Waals surface area contributed by atoms with Gasteiger partial charge in [0, 0.05) is 0 Å². The molecule has 1 rings (SSSR count). The molecule has 0 amide bonds. The van der Waals surface area contributed by atoms with E-state index in [0.29, 0.717) is 0 Å². The van der Waals surface area contributed by atoms with Gasteiger partial charge in [0.25, 0.3) is 0 Å². The summed E-state index contributed by atoms with van der Waals surface area (Å²) < 4.78 is -14.3. The standard InChI is InChI=1S/C15H9Cl14O/c1-9(2,30)7-4-3-6(10(16,17)12(20,21)14(24,25)26)5-8(7)11(18,19)13(22,23)15(27,28)29/h3-5H,1-2H3. The van der Waals surface area contributed by atoms with Crippen LogP contribution in [0.3, 0.4) is 0 Å². The SMILES string of the molecule is CC(C)([O])c1ccc(C(Cl)(Cl)C(Cl)(Cl)C(Cl)(Cl)Cl)cc1C(Cl)(Cl)C(Cl)(Cl)C(Cl)(Cl)Cl. The second-order valence-electron chi connectivity index (χ2n) is 6.56. The molecule has 0 N–H and O–H groups in total. The Morgan fingerprint density at radius 1 is 0.567 bits per heavy atom. The zero-order valence-electron chi connectivity index (χ0n) is 14.4. The molecule has 1 radical (unpaired) electrons. The van der Waals surface area contributed by atoms with E-state index >= 15 is 0 Å². The molecule has 0 fully saturated rings. The monoisotopic (exact) mass is 695 g/mol. The normalized spacial score (nSPS) is 15.5. The van der Waals surface area contributed by atoms with Crippen LogP contribution in [0.2, 0.25) is 0 Å². The number of hydrogen-bond acceptors (Lipinski definition) is 0. The van der Waals surface area contributed by atoms with Crippen LogP contribution in [0.5, 0.6) is 0 Å². The lowest BCUT2D eigenvalue weighted by molar-refractivity contribution is -0.00109. The first-order chi connectivity index (χ1) is 12.8. The van der Waals surface area contributed by atoms with Gasteiger partial charge < -0.3 is 0 Å². The molecule has 1 nitrogen and oxygen atoms in total. The third-order valence-corrected chi connectivity index (χ3v) is 11.8. The summed E-state index contributed by atoms with van der Waals surface area (Å²) in [5.74, 6) is 0. The number of benzene rings is 1. The van der Waals surface area contributed by atoms with Crippen molar-refractivity contribution in [2.24, 2.45) is 0 Å². The van der Waals surface area contributed by atoms with Crippen molar-refractivity contribution < 1.29 is 5.11 Å². The van der Waals surface area contributed by atoms with Gasteiger partial charge in [-0.05, 0) is 36.6 Å². The maximum absolute atomic E-state index is 12.8. The highest BCUT2D eigenvalue weighted by atomic mass is 35.6. The Morgan fingerprint density at radius 3 is 1.27 bits per heavy atom. The average Bonchev–Trinajstić information content (AvgIpc) is 2.50. The molecule has 1 aromatic rings. The van der Waals surface area contributed by atoms with Gasteiger partial charge in [-0.1, -0.05) is 175 Å². The molecule has 0 aliphatic heterocycles. The van der Waals surface area contributed by atoms with Crippen LogP contribution in [0.25, 0.3) is 0 Å². The Kier molecular flexibility index (Phi) is 10.0. The third kappa shape index (κ3) is 5.79. The summed E-state index contributed by atoms with van der Waals surface area (Å²) in [6, 6.07) is 3.75. The summed E-state index contributed by atoms with van der Waals surface area (Å²) in [5, 5.41) is 12.8. The van der Waals surface area contributed by atoms with Crippen LogP contribution < -0.4 is 0 Å². The number of halogens is 14. The summed E-state index contributed by atoms with van der Waals surface area (Å²) in [4.78, 5) is 0. The smallest absolute Gasteiger partial charge is 0.225 e. The van der Waals surface area contributed by atoms with Gasteiger partial charge in [-0.3, -0.25) is 0 Å². The molecule has 30 heavy (non-hydrogen) atoms. The lowest BCUT2D eigenvalue weighted by atomic mass is 9.88. The molecule has 0 aromatic heterocycles. The Labute approximate surface area is 244 Å². The minimum atomic E-state index is -2.47. The van der Waals surface area contributed by atoms with Crippen LogP contribution in [-0.4, -0.2) is 16.3 Å². The van der Waals surface area contributed by atoms with Gasteiger partial charge >= 0.3 is 0 Å². The lowest BCUT2D eigenvalue weighted by Gasteiger charge is -2.41. The maximum Gasteiger partial charge on any atom is 0.226 e. The van der Waals surface area contributed by atoms with E-state index in [1.165, 1.54) is 26.0 Å². The first kappa shape index (κ1) is 31.3. The number of rotatable bonds is 5. The van der Waals surface area contributed by atoms with Crippen molar-refractivity contribution in [3.05, 3.63) is 34.9 Å². The minimum absolute atomic E-state index is 0.0175. The molecule has 0 aliphatic rings. The molecule has 0 heterocycles. The zero-order valence-corrected chi connectivity index (χ0v) is 25.0. The van der Waals surface area contributed by atoms with Crippen molar-refractivity contribution in [2.75, 3.05) is 0 Å². The van der Waals surface area contributed by atoms with Gasteiger partial charge in [-0.25, -0.2) is 5.11 Å². The fourth-order valence-corrected chi connectivity index (χ4v) is 5.20. The van der Waals surface area contributed by atoms with E-state index in [0.717, 1.165) is 6.07 Å². The molecule has 1 aromatic carbocycles. The number of alkyl halides is 14. The van der Waals surface area contributed by atoms with Gasteiger partial charge in [0.05, 0.1) is 0 Å². The average molecular weight is 702 g/mol. The van der Waals surface area contributed by atoms with Gasteiger partial charge in [0.15, 0.2) is 8.67 Å². The number of hydrogen-bond donors (Lipinski definition) is 0. The quantitative estimate of drug-likeness (QED) is 0.273. The molecule has 0 bridgehead atoms. The first-order valence-electron chi connectivity index (χ1n) is 7.34. The fraction of sp³-hybridized carbons (Fsp3) is 0.600. The summed E-state index contributed by atoms with van der Waals surface area (Å²) >= 11 is 85.5. The van der Waals surface area contributed by atoms with Crippen LogP contribution in [-0.2, 0) is 19.4 Å². The van der Waals surface area contributed by atoms with Crippen molar-refractivity contribution in [2.45, 2.75) is 44.4 Å². The van der Waals surface area contributed by atoms with Crippen molar-refractivity contribution in [1.29, 1.82) is 0 Å². The van der Waals surface area contributed by atoms with E-state index < -0.39 is 30.5 Å². The van der Waals surface area contributed by atoms with Crippen molar-refractivity contribution in [3.63, 3.8) is 0 Å². The maximum atomic E-state index is 12.8. The molecular formula is C15H9Cl14O. The Morgan fingerprint density at radius 2 is 0.933 bits per heavy atom. The van der Waals surface area contributed by atoms with E-state index in [1.807, 2.05) is 0 Å². The van der Waals surface area contributed by atoms with Crippen molar-refractivity contribution in [3.8, 4) is 0 Å². The summed E-state index contributed by atoms with van der Waals surface area (Å²) in [7, 11) is 0. The molecule has 0 atom stereocenters. The highest BCUT2D eigenvalue weighted by molar-refractivity contribution is 6.79. The van der Waals surface area contributed by atoms with E-state index in [2.05, 4.69) is 0 Å². The van der Waals surface area contributed by atoms with Crippen molar-refractivity contribution >= 4 is 162 Å². The van der Waals surface area contributed by atoms with Crippen molar-refractivity contribution in [1.82, 2.24) is 0 Å². The van der Waals surface area contributed by atoms with Gasteiger partial charge in [0.1, 0.15) is 5.60 Å². The molecule has 0 saturated carbocycles. The molecule has 0 unspecified atom stereocenters. The molecule has 0 saturated heterocycles. The van der Waals surface area contributed by atoms with Gasteiger partial charge in [0.2, 0.25) is 16.3 Å².